The smallest absolute Gasteiger partial charge is 0.336 e. The van der Waals surface area contributed by atoms with Crippen LogP contribution in [0.2, 0.25) is 5.02 Å². The number of carbonyl (C=O) groups is 2. The molecule has 2 aromatic rings. The fraction of sp³-hybridized carbons (Fsp3) is 0.360. The number of rotatable bonds is 6. The quantitative estimate of drug-likeness (QED) is 0.507. The predicted molar refractivity (Wildman–Crippen MR) is 126 cm³/mol. The summed E-state index contributed by atoms with van der Waals surface area (Å²) in [5.41, 5.74) is 3.66. The number of aryl methyl sites for hydroxylation is 1. The molecule has 4 rings (SSSR count). The van der Waals surface area contributed by atoms with E-state index in [2.05, 4.69) is 5.32 Å². The molecule has 0 saturated carbocycles. The summed E-state index contributed by atoms with van der Waals surface area (Å²) >= 11 is 7.62. The van der Waals surface area contributed by atoms with Crippen LogP contribution in [-0.4, -0.2) is 18.4 Å². The van der Waals surface area contributed by atoms with Crippen LogP contribution in [0.15, 0.2) is 46.8 Å². The van der Waals surface area contributed by atoms with Crippen molar-refractivity contribution in [3.8, 4) is 5.75 Å². The molecule has 1 aliphatic carbocycles. The molecule has 0 saturated heterocycles. The molecule has 174 valence electrons. The van der Waals surface area contributed by atoms with E-state index in [9.17, 15) is 14.0 Å². The SMILES string of the molecule is CCOC(=O)C1=C(C)NC2=C(C(=O)CCC2)[C@H]1c1cc(COc2ccc(F)cc2Cl)c(C)s1. The average Bonchev–Trinajstić information content (AvgIpc) is 3.12. The van der Waals surface area contributed by atoms with E-state index in [0.29, 0.717) is 29.0 Å². The van der Waals surface area contributed by atoms with Crippen molar-refractivity contribution in [2.75, 3.05) is 6.61 Å². The summed E-state index contributed by atoms with van der Waals surface area (Å²) in [6, 6.07) is 5.98. The van der Waals surface area contributed by atoms with Crippen molar-refractivity contribution in [2.24, 2.45) is 0 Å². The number of ether oxygens (including phenoxy) is 2. The normalized spacial score (nSPS) is 18.2. The summed E-state index contributed by atoms with van der Waals surface area (Å²) in [6.07, 6.45) is 2.03. The highest BCUT2D eigenvalue weighted by molar-refractivity contribution is 7.12. The van der Waals surface area contributed by atoms with Gasteiger partial charge in [-0.15, -0.1) is 11.3 Å². The van der Waals surface area contributed by atoms with Crippen LogP contribution in [0.25, 0.3) is 0 Å². The highest BCUT2D eigenvalue weighted by Gasteiger charge is 2.40. The molecule has 1 N–H and O–H groups in total. The first-order valence-electron chi connectivity index (χ1n) is 10.9. The maximum Gasteiger partial charge on any atom is 0.336 e. The summed E-state index contributed by atoms with van der Waals surface area (Å²) in [4.78, 5) is 27.8. The highest BCUT2D eigenvalue weighted by atomic mass is 35.5. The Balaban J connectivity index is 1.70. The Morgan fingerprint density at radius 1 is 1.27 bits per heavy atom. The third kappa shape index (κ3) is 4.70. The predicted octanol–water partition coefficient (Wildman–Crippen LogP) is 5.96. The maximum atomic E-state index is 13.3. The maximum absolute atomic E-state index is 13.3. The molecule has 0 amide bonds. The first kappa shape index (κ1) is 23.5. The molecule has 0 radical (unpaired) electrons. The number of hydrogen-bond acceptors (Lipinski definition) is 6. The van der Waals surface area contributed by atoms with Crippen LogP contribution in [0.5, 0.6) is 5.75 Å². The molecule has 1 atom stereocenters. The number of halogens is 2. The molecular weight excluding hydrogens is 465 g/mol. The zero-order chi connectivity index (χ0) is 23.7. The number of nitrogens with one attached hydrogen (secondary N) is 1. The van der Waals surface area contributed by atoms with E-state index >= 15 is 0 Å². The van der Waals surface area contributed by atoms with Crippen molar-refractivity contribution in [1.29, 1.82) is 0 Å². The molecule has 33 heavy (non-hydrogen) atoms. The monoisotopic (exact) mass is 489 g/mol. The second kappa shape index (κ2) is 9.69. The summed E-state index contributed by atoms with van der Waals surface area (Å²) in [5, 5.41) is 3.49. The van der Waals surface area contributed by atoms with E-state index in [1.807, 2.05) is 19.9 Å². The van der Waals surface area contributed by atoms with E-state index in [4.69, 9.17) is 21.1 Å². The van der Waals surface area contributed by atoms with Crippen molar-refractivity contribution in [3.05, 3.63) is 73.0 Å². The van der Waals surface area contributed by atoms with Gasteiger partial charge < -0.3 is 14.8 Å². The Labute approximate surface area is 201 Å². The number of dihydropyridines is 1. The zero-order valence-corrected chi connectivity index (χ0v) is 20.3. The lowest BCUT2D eigenvalue weighted by Gasteiger charge is -2.33. The Morgan fingerprint density at radius 3 is 2.79 bits per heavy atom. The molecule has 0 unspecified atom stereocenters. The molecular formula is C25H25ClFNO4S. The lowest BCUT2D eigenvalue weighted by molar-refractivity contribution is -0.138. The number of allylic oxidation sites excluding steroid dienone is 3. The number of ketones is 1. The first-order chi connectivity index (χ1) is 15.8. The molecule has 2 heterocycles. The van der Waals surface area contributed by atoms with E-state index in [-0.39, 0.29) is 24.0 Å². The van der Waals surface area contributed by atoms with Crippen LogP contribution in [-0.2, 0) is 20.9 Å². The van der Waals surface area contributed by atoms with Gasteiger partial charge >= 0.3 is 5.97 Å². The number of esters is 1. The second-order valence-electron chi connectivity index (χ2n) is 8.08. The van der Waals surface area contributed by atoms with Crippen LogP contribution < -0.4 is 10.1 Å². The van der Waals surface area contributed by atoms with Crippen LogP contribution in [0.4, 0.5) is 4.39 Å². The average molecular weight is 490 g/mol. The van der Waals surface area contributed by atoms with Gasteiger partial charge in [0.25, 0.3) is 0 Å². The molecule has 0 spiro atoms. The number of benzene rings is 1. The number of hydrogen-bond donors (Lipinski definition) is 1. The number of carbonyl (C=O) groups excluding carboxylic acids is 2. The largest absolute Gasteiger partial charge is 0.487 e. The number of Topliss-reactive ketones (excluding diaryl/α,β-unsaturated/α-hetero) is 1. The lowest BCUT2D eigenvalue weighted by Crippen LogP contribution is -2.34. The van der Waals surface area contributed by atoms with Gasteiger partial charge in [-0.1, -0.05) is 11.6 Å². The summed E-state index contributed by atoms with van der Waals surface area (Å²) in [7, 11) is 0. The Hall–Kier alpha value is -2.64. The van der Waals surface area contributed by atoms with Crippen LogP contribution in [0, 0.1) is 12.7 Å². The second-order valence-corrected chi connectivity index (χ2v) is 9.77. The van der Waals surface area contributed by atoms with E-state index in [1.54, 1.807) is 6.92 Å². The Bertz CT molecular complexity index is 1180. The Morgan fingerprint density at radius 2 is 2.06 bits per heavy atom. The fourth-order valence-corrected chi connectivity index (χ4v) is 5.70. The molecule has 2 aliphatic rings. The van der Waals surface area contributed by atoms with E-state index in [0.717, 1.165) is 33.9 Å². The van der Waals surface area contributed by atoms with Gasteiger partial charge in [-0.3, -0.25) is 4.79 Å². The Kier molecular flexibility index (Phi) is 6.91. The van der Waals surface area contributed by atoms with Gasteiger partial charge in [-0.05, 0) is 57.9 Å². The minimum Gasteiger partial charge on any atom is -0.487 e. The zero-order valence-electron chi connectivity index (χ0n) is 18.7. The van der Waals surface area contributed by atoms with Gasteiger partial charge in [0.15, 0.2) is 5.78 Å². The van der Waals surface area contributed by atoms with Gasteiger partial charge in [0, 0.05) is 38.7 Å². The van der Waals surface area contributed by atoms with Crippen molar-refractivity contribution >= 4 is 34.7 Å². The van der Waals surface area contributed by atoms with Crippen LogP contribution >= 0.6 is 22.9 Å². The number of thiophene rings is 1. The molecule has 5 nitrogen and oxygen atoms in total. The standard InChI is InChI=1S/C25H25ClFNO4S/c1-4-31-25(30)22-13(2)28-18-6-5-7-19(29)23(18)24(22)21-10-15(14(3)33-21)12-32-20-9-8-16(27)11-17(20)26/h8-11,24,28H,4-7,12H2,1-3H3/t24-/m0/s1. The van der Waals surface area contributed by atoms with Gasteiger partial charge in [-0.2, -0.15) is 0 Å². The van der Waals surface area contributed by atoms with Gasteiger partial charge in [-0.25, -0.2) is 9.18 Å². The molecule has 0 bridgehead atoms. The summed E-state index contributed by atoms with van der Waals surface area (Å²) in [6.45, 7) is 6.07. The molecule has 8 heteroatoms. The topological polar surface area (TPSA) is 64.6 Å². The first-order valence-corrected chi connectivity index (χ1v) is 12.1. The minimum absolute atomic E-state index is 0.0602. The van der Waals surface area contributed by atoms with Crippen LogP contribution in [0.1, 0.15) is 54.3 Å². The van der Waals surface area contributed by atoms with Crippen molar-refractivity contribution in [2.45, 2.75) is 52.6 Å². The van der Waals surface area contributed by atoms with Gasteiger partial charge in [0.2, 0.25) is 0 Å². The van der Waals surface area contributed by atoms with Crippen molar-refractivity contribution in [3.63, 3.8) is 0 Å². The van der Waals surface area contributed by atoms with Gasteiger partial charge in [0.1, 0.15) is 18.2 Å². The summed E-state index contributed by atoms with van der Waals surface area (Å²) < 4.78 is 24.5. The summed E-state index contributed by atoms with van der Waals surface area (Å²) in [5.74, 6) is -0.867. The van der Waals surface area contributed by atoms with Crippen LogP contribution in [0.3, 0.4) is 0 Å². The third-order valence-corrected chi connectivity index (χ3v) is 7.33. The fourth-order valence-electron chi connectivity index (χ4n) is 4.33. The molecule has 1 aromatic heterocycles. The highest BCUT2D eigenvalue weighted by Crippen LogP contribution is 2.45. The van der Waals surface area contributed by atoms with Gasteiger partial charge in [0.05, 0.1) is 23.1 Å². The van der Waals surface area contributed by atoms with E-state index < -0.39 is 17.7 Å². The van der Waals surface area contributed by atoms with E-state index in [1.165, 1.54) is 29.5 Å². The van der Waals surface area contributed by atoms with Crippen molar-refractivity contribution < 1.29 is 23.5 Å². The molecule has 1 aromatic carbocycles. The molecule has 1 aliphatic heterocycles. The van der Waals surface area contributed by atoms with Crippen molar-refractivity contribution in [1.82, 2.24) is 5.32 Å². The molecule has 0 fully saturated rings. The lowest BCUT2D eigenvalue weighted by atomic mass is 9.78. The minimum atomic E-state index is -0.472. The third-order valence-electron chi connectivity index (χ3n) is 5.87.